The fourth-order valence-electron chi connectivity index (χ4n) is 2.28. The Hall–Kier alpha value is -0.770. The Balaban J connectivity index is 2.02. The molecule has 2 atom stereocenters. The summed E-state index contributed by atoms with van der Waals surface area (Å²) in [5.74, 6) is 1.82. The first kappa shape index (κ1) is 17.3. The number of unbranched alkanes of at least 4 members (excludes halogenated alkanes) is 4. The lowest BCUT2D eigenvalue weighted by atomic mass is 10.1. The first-order chi connectivity index (χ1) is 9.63. The minimum atomic E-state index is 0.652. The molecule has 0 bridgehead atoms. The Morgan fingerprint density at radius 3 is 2.40 bits per heavy atom. The van der Waals surface area contributed by atoms with Gasteiger partial charge in [0.05, 0.1) is 0 Å². The molecule has 1 rings (SSSR count). The van der Waals surface area contributed by atoms with Crippen molar-refractivity contribution in [2.75, 3.05) is 33.7 Å². The molecule has 1 saturated carbocycles. The zero-order chi connectivity index (χ0) is 14.8. The predicted molar refractivity (Wildman–Crippen MR) is 88.3 cm³/mol. The molecule has 0 spiro atoms. The van der Waals surface area contributed by atoms with Crippen LogP contribution in [0.4, 0.5) is 0 Å². The number of rotatable bonds is 10. The van der Waals surface area contributed by atoms with Crippen molar-refractivity contribution in [2.24, 2.45) is 10.9 Å². The monoisotopic (exact) mass is 282 g/mol. The maximum absolute atomic E-state index is 4.66. The lowest BCUT2D eigenvalue weighted by Gasteiger charge is -2.10. The van der Waals surface area contributed by atoms with Gasteiger partial charge < -0.3 is 15.5 Å². The molecule has 0 aliphatic heterocycles. The zero-order valence-electron chi connectivity index (χ0n) is 13.9. The normalized spacial score (nSPS) is 22.1. The average molecular weight is 282 g/mol. The van der Waals surface area contributed by atoms with Gasteiger partial charge in [-0.15, -0.1) is 0 Å². The summed E-state index contributed by atoms with van der Waals surface area (Å²) in [5.41, 5.74) is 0. The van der Waals surface area contributed by atoms with Gasteiger partial charge in [0.25, 0.3) is 0 Å². The second kappa shape index (κ2) is 10.0. The highest BCUT2D eigenvalue weighted by Crippen LogP contribution is 2.28. The van der Waals surface area contributed by atoms with Crippen LogP contribution in [0.2, 0.25) is 0 Å². The van der Waals surface area contributed by atoms with Gasteiger partial charge in [0.1, 0.15) is 0 Å². The van der Waals surface area contributed by atoms with Crippen LogP contribution in [-0.4, -0.2) is 50.6 Å². The molecule has 4 heteroatoms. The molecule has 0 aromatic heterocycles. The van der Waals surface area contributed by atoms with Crippen LogP contribution in [0.5, 0.6) is 0 Å². The maximum Gasteiger partial charge on any atom is 0.191 e. The number of nitrogens with one attached hydrogen (secondary N) is 2. The molecule has 0 amide bonds. The van der Waals surface area contributed by atoms with E-state index in [9.17, 15) is 0 Å². The van der Waals surface area contributed by atoms with Crippen molar-refractivity contribution < 1.29 is 0 Å². The zero-order valence-corrected chi connectivity index (χ0v) is 13.9. The van der Waals surface area contributed by atoms with Crippen LogP contribution in [0.15, 0.2) is 4.99 Å². The number of nitrogens with zero attached hydrogens (tertiary/aromatic N) is 2. The van der Waals surface area contributed by atoms with E-state index >= 15 is 0 Å². The largest absolute Gasteiger partial charge is 0.357 e. The van der Waals surface area contributed by atoms with Gasteiger partial charge in [-0.3, -0.25) is 4.99 Å². The number of aliphatic imine (C=N–C) groups is 1. The minimum absolute atomic E-state index is 0.652. The SMILES string of the molecule is CCNC(=NCCCCCCCN(C)C)NC1CC1C. The van der Waals surface area contributed by atoms with Crippen molar-refractivity contribution in [1.29, 1.82) is 0 Å². The second-order valence-electron chi connectivity index (χ2n) is 6.30. The van der Waals surface area contributed by atoms with E-state index in [0.29, 0.717) is 6.04 Å². The summed E-state index contributed by atoms with van der Waals surface area (Å²) >= 11 is 0. The summed E-state index contributed by atoms with van der Waals surface area (Å²) in [4.78, 5) is 6.92. The smallest absolute Gasteiger partial charge is 0.191 e. The lowest BCUT2D eigenvalue weighted by molar-refractivity contribution is 0.390. The van der Waals surface area contributed by atoms with Gasteiger partial charge >= 0.3 is 0 Å². The predicted octanol–water partition coefficient (Wildman–Crippen LogP) is 2.46. The van der Waals surface area contributed by atoms with Crippen molar-refractivity contribution in [2.45, 2.75) is 58.4 Å². The first-order valence-corrected chi connectivity index (χ1v) is 8.33. The molecule has 0 heterocycles. The van der Waals surface area contributed by atoms with Crippen molar-refractivity contribution in [3.05, 3.63) is 0 Å². The molecule has 2 N–H and O–H groups in total. The molecule has 0 saturated heterocycles. The van der Waals surface area contributed by atoms with Gasteiger partial charge in [0.15, 0.2) is 5.96 Å². The molecule has 4 nitrogen and oxygen atoms in total. The fourth-order valence-corrected chi connectivity index (χ4v) is 2.28. The summed E-state index contributed by atoms with van der Waals surface area (Å²) in [5, 5.41) is 6.83. The van der Waals surface area contributed by atoms with Crippen molar-refractivity contribution in [3.63, 3.8) is 0 Å². The Labute approximate surface area is 125 Å². The van der Waals surface area contributed by atoms with Gasteiger partial charge in [0, 0.05) is 19.1 Å². The molecule has 0 aromatic rings. The molecule has 0 radical (unpaired) electrons. The van der Waals surface area contributed by atoms with Crippen molar-refractivity contribution in [1.82, 2.24) is 15.5 Å². The molecule has 20 heavy (non-hydrogen) atoms. The summed E-state index contributed by atoms with van der Waals surface area (Å²) in [6, 6.07) is 0.652. The third-order valence-corrected chi connectivity index (χ3v) is 3.81. The number of hydrogen-bond acceptors (Lipinski definition) is 2. The fraction of sp³-hybridized carbons (Fsp3) is 0.938. The first-order valence-electron chi connectivity index (χ1n) is 8.33. The van der Waals surface area contributed by atoms with E-state index in [2.05, 4.69) is 48.5 Å². The van der Waals surface area contributed by atoms with Crippen LogP contribution in [0, 0.1) is 5.92 Å². The van der Waals surface area contributed by atoms with E-state index < -0.39 is 0 Å². The third-order valence-electron chi connectivity index (χ3n) is 3.81. The van der Waals surface area contributed by atoms with Crippen LogP contribution in [-0.2, 0) is 0 Å². The van der Waals surface area contributed by atoms with E-state index in [1.807, 2.05) is 0 Å². The van der Waals surface area contributed by atoms with E-state index in [0.717, 1.165) is 25.0 Å². The highest BCUT2D eigenvalue weighted by atomic mass is 15.2. The van der Waals surface area contributed by atoms with Crippen molar-refractivity contribution >= 4 is 5.96 Å². The Bertz CT molecular complexity index is 276. The van der Waals surface area contributed by atoms with Crippen LogP contribution < -0.4 is 10.6 Å². The topological polar surface area (TPSA) is 39.7 Å². The molecule has 1 fully saturated rings. The standard InChI is InChI=1S/C16H34N4/c1-5-17-16(19-15-13-14(15)2)18-11-9-7-6-8-10-12-20(3)4/h14-15H,5-13H2,1-4H3,(H2,17,18,19). The highest BCUT2D eigenvalue weighted by Gasteiger charge is 2.33. The summed E-state index contributed by atoms with van der Waals surface area (Å²) in [7, 11) is 4.29. The van der Waals surface area contributed by atoms with Gasteiger partial charge in [-0.2, -0.15) is 0 Å². The molecule has 118 valence electrons. The van der Waals surface area contributed by atoms with E-state index in [-0.39, 0.29) is 0 Å². The average Bonchev–Trinajstić information content (AvgIpc) is 3.08. The lowest BCUT2D eigenvalue weighted by Crippen LogP contribution is -2.39. The van der Waals surface area contributed by atoms with E-state index in [1.165, 1.54) is 45.1 Å². The molecular weight excluding hydrogens is 248 g/mol. The second-order valence-corrected chi connectivity index (χ2v) is 6.30. The van der Waals surface area contributed by atoms with Crippen LogP contribution in [0.1, 0.15) is 52.4 Å². The van der Waals surface area contributed by atoms with Gasteiger partial charge in [0.2, 0.25) is 0 Å². The van der Waals surface area contributed by atoms with E-state index in [4.69, 9.17) is 0 Å². The number of hydrogen-bond donors (Lipinski definition) is 2. The van der Waals surface area contributed by atoms with Gasteiger partial charge in [-0.25, -0.2) is 0 Å². The minimum Gasteiger partial charge on any atom is -0.357 e. The Morgan fingerprint density at radius 2 is 1.80 bits per heavy atom. The summed E-state index contributed by atoms with van der Waals surface area (Å²) in [6.45, 7) is 7.51. The van der Waals surface area contributed by atoms with Gasteiger partial charge in [-0.05, 0) is 52.7 Å². The third kappa shape index (κ3) is 8.41. The van der Waals surface area contributed by atoms with Crippen molar-refractivity contribution in [3.8, 4) is 0 Å². The molecule has 2 unspecified atom stereocenters. The summed E-state index contributed by atoms with van der Waals surface area (Å²) < 4.78 is 0. The summed E-state index contributed by atoms with van der Waals surface area (Å²) in [6.07, 6.45) is 7.80. The molecule has 1 aliphatic carbocycles. The quantitative estimate of drug-likeness (QED) is 0.367. The Kier molecular flexibility index (Phi) is 8.67. The van der Waals surface area contributed by atoms with Crippen LogP contribution in [0.3, 0.4) is 0 Å². The van der Waals surface area contributed by atoms with Crippen LogP contribution in [0.25, 0.3) is 0 Å². The number of guanidine groups is 1. The maximum atomic E-state index is 4.66. The Morgan fingerprint density at radius 1 is 1.15 bits per heavy atom. The highest BCUT2D eigenvalue weighted by molar-refractivity contribution is 5.80. The van der Waals surface area contributed by atoms with E-state index in [1.54, 1.807) is 0 Å². The molecule has 0 aromatic carbocycles. The molecular formula is C16H34N4. The van der Waals surface area contributed by atoms with Gasteiger partial charge in [-0.1, -0.05) is 26.2 Å². The molecule has 1 aliphatic rings. The van der Waals surface area contributed by atoms with Crippen LogP contribution >= 0.6 is 0 Å².